The summed E-state index contributed by atoms with van der Waals surface area (Å²) in [7, 11) is -3.83. The van der Waals surface area contributed by atoms with Crippen molar-refractivity contribution in [1.82, 2.24) is 0 Å². The van der Waals surface area contributed by atoms with Crippen LogP contribution < -0.4 is 0 Å². The molecule has 0 N–H and O–H groups in total. The van der Waals surface area contributed by atoms with Gasteiger partial charge in [0.1, 0.15) is 6.10 Å². The molecular weight excluding hydrogens is 580 g/mol. The van der Waals surface area contributed by atoms with Crippen molar-refractivity contribution in [3.63, 3.8) is 0 Å². The van der Waals surface area contributed by atoms with Gasteiger partial charge in [0.25, 0.3) is 10.1 Å². The van der Waals surface area contributed by atoms with E-state index in [1.54, 1.807) is 19.1 Å². The van der Waals surface area contributed by atoms with Gasteiger partial charge in [-0.15, -0.1) is 0 Å². The summed E-state index contributed by atoms with van der Waals surface area (Å²) >= 11 is 0. The minimum Gasteiger partial charge on any atom is -0.462 e. The van der Waals surface area contributed by atoms with E-state index >= 15 is 0 Å². The summed E-state index contributed by atoms with van der Waals surface area (Å²) in [5.41, 5.74) is 2.69. The Bertz CT molecular complexity index is 1450. The van der Waals surface area contributed by atoms with Crippen molar-refractivity contribution in [2.24, 2.45) is 56.7 Å². The number of fused-ring (bicyclic) bond motifs is 7. The van der Waals surface area contributed by atoms with Gasteiger partial charge in [-0.05, 0) is 141 Å². The smallest absolute Gasteiger partial charge is 0.302 e. The van der Waals surface area contributed by atoms with Crippen LogP contribution in [0.5, 0.6) is 0 Å². The number of esters is 1. The fraction of sp³-hybridized carbons (Fsp3) is 0.769. The molecule has 45 heavy (non-hydrogen) atoms. The molecule has 1 aromatic carbocycles. The monoisotopic (exact) mass is 638 g/mol. The zero-order valence-corrected chi connectivity index (χ0v) is 30.0. The molecule has 250 valence electrons. The average molecular weight is 639 g/mol. The Kier molecular flexibility index (Phi) is 8.08. The minimum absolute atomic E-state index is 0.00865. The van der Waals surface area contributed by atoms with Crippen molar-refractivity contribution in [2.75, 3.05) is 6.61 Å². The van der Waals surface area contributed by atoms with Gasteiger partial charge in [0, 0.05) is 12.3 Å². The summed E-state index contributed by atoms with van der Waals surface area (Å²) in [6.45, 7) is 23.0. The highest BCUT2D eigenvalue weighted by Gasteiger charge is 2.71. The third kappa shape index (κ3) is 4.92. The molecule has 0 aromatic heterocycles. The molecule has 5 fully saturated rings. The maximum absolute atomic E-state index is 13.4. The van der Waals surface area contributed by atoms with Crippen LogP contribution in [0.25, 0.3) is 0 Å². The molecule has 0 bridgehead atoms. The summed E-state index contributed by atoms with van der Waals surface area (Å²) in [6, 6.07) is 7.02. The van der Waals surface area contributed by atoms with E-state index in [4.69, 9.17) is 8.92 Å². The van der Waals surface area contributed by atoms with Crippen LogP contribution in [0.4, 0.5) is 0 Å². The number of allylic oxidation sites excluding steroid dienone is 1. The molecule has 5 aliphatic rings. The zero-order valence-electron chi connectivity index (χ0n) is 29.2. The molecule has 10 atom stereocenters. The lowest BCUT2D eigenvalue weighted by atomic mass is 9.32. The van der Waals surface area contributed by atoms with Gasteiger partial charge in [-0.25, -0.2) is 0 Å². The second-order valence-electron chi connectivity index (χ2n) is 17.5. The Morgan fingerprint density at radius 1 is 0.844 bits per heavy atom. The fourth-order valence-corrected chi connectivity index (χ4v) is 13.9. The molecule has 0 amide bonds. The van der Waals surface area contributed by atoms with Crippen LogP contribution in [0, 0.1) is 63.6 Å². The highest BCUT2D eigenvalue weighted by molar-refractivity contribution is 7.86. The fourth-order valence-electron chi connectivity index (χ4n) is 12.9. The first-order chi connectivity index (χ1) is 20.9. The highest BCUT2D eigenvalue weighted by atomic mass is 32.2. The SMILES string of the molecule is C=C(C)[C@@H]1CC[C@]2(COS(=O)(=O)c3ccc(C)cc3)CC[C@]3(C)[C@H](CC[C@@H]4[C@@]5(C)CC[C@H](OC(C)=O)C(C)(C)[C@@H]5CC[C@]43C)[C@@H]12. The number of hydrogen-bond donors (Lipinski definition) is 0. The van der Waals surface area contributed by atoms with E-state index in [2.05, 4.69) is 48.1 Å². The number of hydrogen-bond acceptors (Lipinski definition) is 5. The van der Waals surface area contributed by atoms with Crippen molar-refractivity contribution in [3.05, 3.63) is 42.0 Å². The van der Waals surface area contributed by atoms with Crippen molar-refractivity contribution < 1.29 is 22.1 Å². The summed E-state index contributed by atoms with van der Waals surface area (Å²) in [5.74, 6) is 2.31. The van der Waals surface area contributed by atoms with E-state index in [1.165, 1.54) is 31.3 Å². The first-order valence-electron chi connectivity index (χ1n) is 17.7. The van der Waals surface area contributed by atoms with Crippen LogP contribution in [0.1, 0.15) is 118 Å². The van der Waals surface area contributed by atoms with Crippen molar-refractivity contribution in [3.8, 4) is 0 Å². The van der Waals surface area contributed by atoms with Gasteiger partial charge in [-0.1, -0.05) is 64.5 Å². The van der Waals surface area contributed by atoms with Gasteiger partial charge < -0.3 is 4.74 Å². The van der Waals surface area contributed by atoms with Crippen LogP contribution in [-0.4, -0.2) is 27.1 Å². The summed E-state index contributed by atoms with van der Waals surface area (Å²) in [4.78, 5) is 12.3. The standard InChI is InChI=1S/C39H58O5S/c1-25(2)29-16-21-39(24-43-45(41,42)28-12-10-26(3)11-13-28)23-22-37(8)30(34(29)39)14-15-32-36(7)19-18-33(44-27(4)40)35(5,6)31(36)17-20-38(32,37)9/h10-13,29-34H,1,14-24H2,2-9H3/t29-,30+,31-,32+,33-,34+,36-,37+,38+,39+/m0/s1. The number of rotatable bonds is 6. The maximum atomic E-state index is 13.4. The lowest BCUT2D eigenvalue weighted by Gasteiger charge is -2.73. The van der Waals surface area contributed by atoms with E-state index in [-0.39, 0.29) is 50.7 Å². The van der Waals surface area contributed by atoms with E-state index < -0.39 is 10.1 Å². The summed E-state index contributed by atoms with van der Waals surface area (Å²) in [6.07, 6.45) is 11.1. The number of carbonyl (C=O) groups excluding carboxylic acids is 1. The molecule has 0 unspecified atom stereocenters. The van der Waals surface area contributed by atoms with Gasteiger partial charge in [-0.2, -0.15) is 8.42 Å². The minimum atomic E-state index is -3.83. The van der Waals surface area contributed by atoms with Gasteiger partial charge in [0.05, 0.1) is 11.5 Å². The van der Waals surface area contributed by atoms with Crippen LogP contribution in [0.15, 0.2) is 41.3 Å². The Labute approximate surface area is 273 Å². The topological polar surface area (TPSA) is 69.7 Å². The van der Waals surface area contributed by atoms with E-state index in [0.29, 0.717) is 29.6 Å². The Balaban J connectivity index is 1.31. The van der Waals surface area contributed by atoms with E-state index in [0.717, 1.165) is 44.1 Å². The van der Waals surface area contributed by atoms with Gasteiger partial charge in [0.2, 0.25) is 0 Å². The molecule has 6 heteroatoms. The molecule has 6 rings (SSSR count). The third-order valence-electron chi connectivity index (χ3n) is 15.3. The van der Waals surface area contributed by atoms with Gasteiger partial charge in [-0.3, -0.25) is 8.98 Å². The number of benzene rings is 1. The van der Waals surface area contributed by atoms with Crippen molar-refractivity contribution in [2.45, 2.75) is 131 Å². The molecule has 0 heterocycles. The Hall–Kier alpha value is -1.66. The average Bonchev–Trinajstić information content (AvgIpc) is 3.34. The molecule has 5 saturated carbocycles. The van der Waals surface area contributed by atoms with E-state index in [1.807, 2.05) is 19.1 Å². The first kappa shape index (κ1) is 33.2. The molecule has 0 saturated heterocycles. The normalized spacial score (nSPS) is 43.7. The van der Waals surface area contributed by atoms with Crippen molar-refractivity contribution in [1.29, 1.82) is 0 Å². The predicted molar refractivity (Wildman–Crippen MR) is 179 cm³/mol. The molecule has 5 nitrogen and oxygen atoms in total. The lowest BCUT2D eigenvalue weighted by Crippen LogP contribution is -2.67. The van der Waals surface area contributed by atoms with Crippen LogP contribution in [0.2, 0.25) is 0 Å². The summed E-state index contributed by atoms with van der Waals surface area (Å²) < 4.78 is 38.8. The third-order valence-corrected chi connectivity index (χ3v) is 16.6. The second-order valence-corrected chi connectivity index (χ2v) is 19.2. The molecule has 0 radical (unpaired) electrons. The largest absolute Gasteiger partial charge is 0.462 e. The molecule has 5 aliphatic carbocycles. The van der Waals surface area contributed by atoms with Crippen LogP contribution >= 0.6 is 0 Å². The molecular formula is C39H58O5S. The van der Waals surface area contributed by atoms with Crippen LogP contribution in [-0.2, 0) is 23.8 Å². The Morgan fingerprint density at radius 3 is 2.18 bits per heavy atom. The number of aryl methyl sites for hydroxylation is 1. The lowest BCUT2D eigenvalue weighted by molar-refractivity contribution is -0.251. The first-order valence-corrected chi connectivity index (χ1v) is 19.1. The van der Waals surface area contributed by atoms with E-state index in [9.17, 15) is 13.2 Å². The zero-order chi connectivity index (χ0) is 32.8. The van der Waals surface area contributed by atoms with Crippen LogP contribution in [0.3, 0.4) is 0 Å². The predicted octanol–water partition coefficient (Wildman–Crippen LogP) is 9.29. The molecule has 1 aromatic rings. The van der Waals surface area contributed by atoms with Gasteiger partial charge in [0.15, 0.2) is 0 Å². The maximum Gasteiger partial charge on any atom is 0.302 e. The molecule has 0 aliphatic heterocycles. The van der Waals surface area contributed by atoms with Gasteiger partial charge >= 0.3 is 5.97 Å². The Morgan fingerprint density at radius 2 is 1.53 bits per heavy atom. The van der Waals surface area contributed by atoms with Crippen molar-refractivity contribution >= 4 is 16.1 Å². The number of ether oxygens (including phenoxy) is 1. The number of carbonyl (C=O) groups is 1. The second kappa shape index (κ2) is 10.9. The molecule has 0 spiro atoms. The quantitative estimate of drug-likeness (QED) is 0.176. The highest BCUT2D eigenvalue weighted by Crippen LogP contribution is 2.77. The summed E-state index contributed by atoms with van der Waals surface area (Å²) in [5, 5.41) is 0.